The van der Waals surface area contributed by atoms with Gasteiger partial charge in [0.05, 0.1) is 6.10 Å². The lowest BCUT2D eigenvalue weighted by Crippen LogP contribution is -2.40. The summed E-state index contributed by atoms with van der Waals surface area (Å²) in [5, 5.41) is 11.9. The lowest BCUT2D eigenvalue weighted by atomic mass is 9.92. The fourth-order valence-electron chi connectivity index (χ4n) is 2.33. The van der Waals surface area contributed by atoms with Crippen molar-refractivity contribution in [1.82, 2.24) is 5.32 Å². The highest BCUT2D eigenvalue weighted by Crippen LogP contribution is 2.28. The second kappa shape index (κ2) is 3.64. The number of hydrogen-bond donors (Lipinski definition) is 2. The van der Waals surface area contributed by atoms with E-state index in [4.69, 9.17) is 9.84 Å². The van der Waals surface area contributed by atoms with Crippen LogP contribution in [0.2, 0.25) is 0 Å². The highest BCUT2D eigenvalue weighted by atomic mass is 16.5. The van der Waals surface area contributed by atoms with Crippen LogP contribution in [-0.4, -0.2) is 36.4 Å². The zero-order valence-corrected chi connectivity index (χ0v) is 7.53. The molecule has 0 aromatic heterocycles. The van der Waals surface area contributed by atoms with Crippen LogP contribution in [0.1, 0.15) is 19.3 Å². The highest BCUT2D eigenvalue weighted by Gasteiger charge is 2.39. The SMILES string of the molecule is O=C(O)[C@@H]1NCC[C@@H]1[C@@H]1CCCO1. The molecule has 2 N–H and O–H groups in total. The van der Waals surface area contributed by atoms with Crippen LogP contribution in [0.4, 0.5) is 0 Å². The van der Waals surface area contributed by atoms with Gasteiger partial charge < -0.3 is 15.2 Å². The minimum absolute atomic E-state index is 0.177. The quantitative estimate of drug-likeness (QED) is 0.646. The molecule has 3 atom stereocenters. The van der Waals surface area contributed by atoms with Gasteiger partial charge in [-0.05, 0) is 25.8 Å². The van der Waals surface area contributed by atoms with Crippen LogP contribution < -0.4 is 5.32 Å². The summed E-state index contributed by atoms with van der Waals surface area (Å²) in [6.07, 6.45) is 3.21. The second-order valence-electron chi connectivity index (χ2n) is 3.77. The molecule has 0 bridgehead atoms. The van der Waals surface area contributed by atoms with E-state index >= 15 is 0 Å². The molecule has 0 saturated carbocycles. The van der Waals surface area contributed by atoms with Crippen LogP contribution in [0.5, 0.6) is 0 Å². The average molecular weight is 185 g/mol. The molecule has 0 aromatic rings. The first-order valence-corrected chi connectivity index (χ1v) is 4.87. The topological polar surface area (TPSA) is 58.6 Å². The van der Waals surface area contributed by atoms with Crippen molar-refractivity contribution < 1.29 is 14.6 Å². The molecular weight excluding hydrogens is 170 g/mol. The molecule has 0 radical (unpaired) electrons. The number of carboxylic acids is 1. The molecule has 13 heavy (non-hydrogen) atoms. The third-order valence-corrected chi connectivity index (χ3v) is 2.98. The second-order valence-corrected chi connectivity index (χ2v) is 3.77. The molecule has 4 nitrogen and oxygen atoms in total. The Labute approximate surface area is 77.3 Å². The highest BCUT2D eigenvalue weighted by molar-refractivity contribution is 5.74. The van der Waals surface area contributed by atoms with Gasteiger partial charge in [0.1, 0.15) is 6.04 Å². The molecule has 4 heteroatoms. The van der Waals surface area contributed by atoms with Gasteiger partial charge in [0.25, 0.3) is 0 Å². The zero-order valence-electron chi connectivity index (χ0n) is 7.53. The lowest BCUT2D eigenvalue weighted by molar-refractivity contribution is -0.141. The van der Waals surface area contributed by atoms with Gasteiger partial charge in [-0.3, -0.25) is 4.79 Å². The molecule has 0 spiro atoms. The van der Waals surface area contributed by atoms with Crippen molar-refractivity contribution >= 4 is 5.97 Å². The Morgan fingerprint density at radius 1 is 1.46 bits per heavy atom. The molecule has 2 heterocycles. The van der Waals surface area contributed by atoms with Crippen LogP contribution in [0.3, 0.4) is 0 Å². The van der Waals surface area contributed by atoms with Gasteiger partial charge in [-0.1, -0.05) is 0 Å². The molecule has 0 aromatic carbocycles. The Morgan fingerprint density at radius 3 is 2.92 bits per heavy atom. The fraction of sp³-hybridized carbons (Fsp3) is 0.889. The van der Waals surface area contributed by atoms with Crippen LogP contribution in [-0.2, 0) is 9.53 Å². The number of nitrogens with one attached hydrogen (secondary N) is 1. The maximum Gasteiger partial charge on any atom is 0.321 e. The molecule has 2 fully saturated rings. The summed E-state index contributed by atoms with van der Waals surface area (Å²) in [6.45, 7) is 1.61. The minimum atomic E-state index is -0.738. The monoisotopic (exact) mass is 185 g/mol. The van der Waals surface area contributed by atoms with E-state index in [2.05, 4.69) is 5.32 Å². The summed E-state index contributed by atoms with van der Waals surface area (Å²) in [5.74, 6) is -0.557. The van der Waals surface area contributed by atoms with Crippen molar-refractivity contribution in [3.63, 3.8) is 0 Å². The van der Waals surface area contributed by atoms with Crippen molar-refractivity contribution in [2.75, 3.05) is 13.2 Å². The van der Waals surface area contributed by atoms with E-state index in [1.807, 2.05) is 0 Å². The normalized spacial score (nSPS) is 39.5. The number of hydrogen-bond acceptors (Lipinski definition) is 3. The number of ether oxygens (including phenoxy) is 1. The summed E-state index contributed by atoms with van der Waals surface area (Å²) in [5.41, 5.74) is 0. The van der Waals surface area contributed by atoms with E-state index in [1.54, 1.807) is 0 Å². The van der Waals surface area contributed by atoms with Gasteiger partial charge in [0, 0.05) is 12.5 Å². The lowest BCUT2D eigenvalue weighted by Gasteiger charge is -2.21. The summed E-state index contributed by atoms with van der Waals surface area (Å²) in [7, 11) is 0. The molecule has 0 aliphatic carbocycles. The van der Waals surface area contributed by atoms with Crippen molar-refractivity contribution in [3.8, 4) is 0 Å². The standard InChI is InChI=1S/C9H15NO3/c11-9(12)8-6(3-4-10-8)7-2-1-5-13-7/h6-8,10H,1-5H2,(H,11,12)/t6-,7+,8-/m1/s1. The molecule has 0 amide bonds. The Kier molecular flexibility index (Phi) is 2.51. The molecule has 2 aliphatic rings. The van der Waals surface area contributed by atoms with E-state index in [9.17, 15) is 4.79 Å². The van der Waals surface area contributed by atoms with Crippen molar-refractivity contribution in [2.45, 2.75) is 31.4 Å². The molecular formula is C9H15NO3. The van der Waals surface area contributed by atoms with Gasteiger partial charge in [-0.15, -0.1) is 0 Å². The molecule has 2 saturated heterocycles. The first-order valence-electron chi connectivity index (χ1n) is 4.87. The smallest absolute Gasteiger partial charge is 0.321 e. The van der Waals surface area contributed by atoms with Crippen LogP contribution >= 0.6 is 0 Å². The summed E-state index contributed by atoms with van der Waals surface area (Å²) in [4.78, 5) is 10.9. The summed E-state index contributed by atoms with van der Waals surface area (Å²) >= 11 is 0. The molecule has 2 aliphatic heterocycles. The fourth-order valence-corrected chi connectivity index (χ4v) is 2.33. The molecule has 2 rings (SSSR count). The Balaban J connectivity index is 2.00. The van der Waals surface area contributed by atoms with Crippen molar-refractivity contribution in [3.05, 3.63) is 0 Å². The van der Waals surface area contributed by atoms with E-state index in [-0.39, 0.29) is 18.1 Å². The van der Waals surface area contributed by atoms with Crippen LogP contribution in [0, 0.1) is 5.92 Å². The Bertz CT molecular complexity index is 201. The molecule has 0 unspecified atom stereocenters. The predicted molar refractivity (Wildman–Crippen MR) is 46.5 cm³/mol. The van der Waals surface area contributed by atoms with Crippen LogP contribution in [0.15, 0.2) is 0 Å². The number of rotatable bonds is 2. The number of carbonyl (C=O) groups is 1. The van der Waals surface area contributed by atoms with Crippen LogP contribution in [0.25, 0.3) is 0 Å². The van der Waals surface area contributed by atoms with Crippen molar-refractivity contribution in [2.24, 2.45) is 5.92 Å². The third-order valence-electron chi connectivity index (χ3n) is 2.98. The van der Waals surface area contributed by atoms with E-state index in [0.29, 0.717) is 0 Å². The van der Waals surface area contributed by atoms with Gasteiger partial charge in [-0.2, -0.15) is 0 Å². The minimum Gasteiger partial charge on any atom is -0.480 e. The van der Waals surface area contributed by atoms with Gasteiger partial charge in [-0.25, -0.2) is 0 Å². The Morgan fingerprint density at radius 2 is 2.31 bits per heavy atom. The van der Waals surface area contributed by atoms with E-state index in [1.165, 1.54) is 0 Å². The van der Waals surface area contributed by atoms with E-state index in [0.717, 1.165) is 32.4 Å². The zero-order chi connectivity index (χ0) is 9.26. The van der Waals surface area contributed by atoms with Gasteiger partial charge in [0.2, 0.25) is 0 Å². The average Bonchev–Trinajstić information content (AvgIpc) is 2.74. The Hall–Kier alpha value is -0.610. The maximum absolute atomic E-state index is 10.9. The largest absolute Gasteiger partial charge is 0.480 e. The first-order chi connectivity index (χ1) is 6.29. The summed E-state index contributed by atoms with van der Waals surface area (Å²) < 4.78 is 5.51. The predicted octanol–water partition coefficient (Wildman–Crippen LogP) is 0.228. The molecule has 74 valence electrons. The first kappa shape index (κ1) is 8.97. The summed E-state index contributed by atoms with van der Waals surface area (Å²) in [6, 6.07) is -0.386. The number of carboxylic acid groups (broad SMARTS) is 1. The van der Waals surface area contributed by atoms with Gasteiger partial charge >= 0.3 is 5.97 Å². The van der Waals surface area contributed by atoms with Crippen molar-refractivity contribution in [1.29, 1.82) is 0 Å². The van der Waals surface area contributed by atoms with E-state index < -0.39 is 5.97 Å². The third kappa shape index (κ3) is 1.69. The van der Waals surface area contributed by atoms with Gasteiger partial charge in [0.15, 0.2) is 0 Å². The number of aliphatic carboxylic acids is 1. The maximum atomic E-state index is 10.9.